The third kappa shape index (κ3) is 4.22. The first-order valence-electron chi connectivity index (χ1n) is 5.51. The molecule has 0 fully saturated rings. The summed E-state index contributed by atoms with van der Waals surface area (Å²) >= 11 is 11.7. The summed E-state index contributed by atoms with van der Waals surface area (Å²) < 4.78 is 0. The number of halogens is 2. The van der Waals surface area contributed by atoms with Gasteiger partial charge in [-0.05, 0) is 24.3 Å². The van der Waals surface area contributed by atoms with E-state index >= 15 is 0 Å². The van der Waals surface area contributed by atoms with Crippen LogP contribution in [0, 0.1) is 0 Å². The highest BCUT2D eigenvalue weighted by Gasteiger charge is 2.07. The molecule has 5 nitrogen and oxygen atoms in total. The molecule has 0 aliphatic carbocycles. The second kappa shape index (κ2) is 6.88. The van der Waals surface area contributed by atoms with Crippen LogP contribution in [0.3, 0.4) is 0 Å². The first-order chi connectivity index (χ1) is 9.65. The average molecular weight is 310 g/mol. The van der Waals surface area contributed by atoms with Gasteiger partial charge < -0.3 is 0 Å². The number of carbonyl (C=O) groups is 1. The van der Waals surface area contributed by atoms with Gasteiger partial charge >= 0.3 is 6.09 Å². The van der Waals surface area contributed by atoms with Crippen molar-refractivity contribution in [1.82, 2.24) is 4.98 Å². The normalized spacial score (nSPS) is 10.5. The SMILES string of the molecule is O=C(Nc1cc(Cl)ccc1Cl)O/N=C/c1cccnc1. The fourth-order valence-corrected chi connectivity index (χ4v) is 1.65. The van der Waals surface area contributed by atoms with Crippen molar-refractivity contribution in [1.29, 1.82) is 0 Å². The lowest BCUT2D eigenvalue weighted by molar-refractivity contribution is 0.167. The lowest BCUT2D eigenvalue weighted by Crippen LogP contribution is -2.11. The smallest absolute Gasteiger partial charge is 0.298 e. The van der Waals surface area contributed by atoms with Gasteiger partial charge in [0.05, 0.1) is 16.9 Å². The summed E-state index contributed by atoms with van der Waals surface area (Å²) in [7, 11) is 0. The van der Waals surface area contributed by atoms with Crippen molar-refractivity contribution in [3.05, 3.63) is 58.3 Å². The maximum absolute atomic E-state index is 11.5. The summed E-state index contributed by atoms with van der Waals surface area (Å²) in [4.78, 5) is 20.0. The summed E-state index contributed by atoms with van der Waals surface area (Å²) in [6.07, 6.45) is 3.81. The fourth-order valence-electron chi connectivity index (χ4n) is 1.31. The molecule has 1 aromatic carbocycles. The summed E-state index contributed by atoms with van der Waals surface area (Å²) in [6.45, 7) is 0. The van der Waals surface area contributed by atoms with E-state index in [9.17, 15) is 4.79 Å². The molecule has 0 spiro atoms. The van der Waals surface area contributed by atoms with E-state index in [2.05, 4.69) is 20.3 Å². The number of benzene rings is 1. The van der Waals surface area contributed by atoms with Crippen molar-refractivity contribution in [2.24, 2.45) is 5.16 Å². The van der Waals surface area contributed by atoms with Crippen LogP contribution in [-0.2, 0) is 4.84 Å². The molecule has 0 saturated heterocycles. The quantitative estimate of drug-likeness (QED) is 0.530. The first-order valence-corrected chi connectivity index (χ1v) is 6.27. The number of hydrogen-bond acceptors (Lipinski definition) is 4. The van der Waals surface area contributed by atoms with Crippen LogP contribution >= 0.6 is 23.2 Å². The van der Waals surface area contributed by atoms with E-state index in [1.54, 1.807) is 36.7 Å². The molecule has 0 saturated carbocycles. The zero-order valence-corrected chi connectivity index (χ0v) is 11.6. The molecule has 1 aromatic heterocycles. The van der Waals surface area contributed by atoms with Crippen LogP contribution in [0.5, 0.6) is 0 Å². The number of pyridine rings is 1. The molecule has 0 aliphatic rings. The van der Waals surface area contributed by atoms with Gasteiger partial charge in [0.2, 0.25) is 0 Å². The first kappa shape index (κ1) is 14.3. The maximum atomic E-state index is 11.5. The Balaban J connectivity index is 1.93. The van der Waals surface area contributed by atoms with E-state index in [0.29, 0.717) is 21.3 Å². The van der Waals surface area contributed by atoms with E-state index in [1.165, 1.54) is 12.3 Å². The summed E-state index contributed by atoms with van der Waals surface area (Å²) in [5.41, 5.74) is 1.06. The van der Waals surface area contributed by atoms with Crippen molar-refractivity contribution in [3.63, 3.8) is 0 Å². The van der Waals surface area contributed by atoms with Crippen LogP contribution in [-0.4, -0.2) is 17.3 Å². The zero-order valence-electron chi connectivity index (χ0n) is 10.1. The summed E-state index contributed by atoms with van der Waals surface area (Å²) in [5, 5.41) is 6.76. The molecule has 102 valence electrons. The van der Waals surface area contributed by atoms with E-state index in [0.717, 1.165) is 0 Å². The largest absolute Gasteiger partial charge is 0.437 e. The molecule has 0 unspecified atom stereocenters. The van der Waals surface area contributed by atoms with Gasteiger partial charge in [-0.2, -0.15) is 0 Å². The van der Waals surface area contributed by atoms with Crippen molar-refractivity contribution < 1.29 is 9.63 Å². The lowest BCUT2D eigenvalue weighted by atomic mass is 10.3. The average Bonchev–Trinajstić information content (AvgIpc) is 2.44. The van der Waals surface area contributed by atoms with Crippen molar-refractivity contribution in [2.45, 2.75) is 0 Å². The Morgan fingerprint density at radius 2 is 2.20 bits per heavy atom. The number of rotatable bonds is 3. The number of oxime groups is 1. The number of amides is 1. The Kier molecular flexibility index (Phi) is 4.92. The van der Waals surface area contributed by atoms with E-state index < -0.39 is 6.09 Å². The predicted octanol–water partition coefficient (Wildman–Crippen LogP) is 3.97. The summed E-state index contributed by atoms with van der Waals surface area (Å²) in [6, 6.07) is 8.20. The molecule has 1 heterocycles. The second-order valence-corrected chi connectivity index (χ2v) is 4.49. The van der Waals surface area contributed by atoms with Gasteiger partial charge in [-0.25, -0.2) is 4.79 Å². The topological polar surface area (TPSA) is 63.6 Å². The highest BCUT2D eigenvalue weighted by atomic mass is 35.5. The molecular formula is C13H9Cl2N3O2. The molecule has 0 bridgehead atoms. The molecule has 7 heteroatoms. The minimum atomic E-state index is -0.769. The van der Waals surface area contributed by atoms with Crippen LogP contribution in [0.4, 0.5) is 10.5 Å². The van der Waals surface area contributed by atoms with Crippen LogP contribution < -0.4 is 5.32 Å². The van der Waals surface area contributed by atoms with E-state index in [1.807, 2.05) is 0 Å². The molecule has 0 radical (unpaired) electrons. The van der Waals surface area contributed by atoms with Gasteiger partial charge in [0.25, 0.3) is 0 Å². The lowest BCUT2D eigenvalue weighted by Gasteiger charge is -2.05. The molecular weight excluding hydrogens is 301 g/mol. The van der Waals surface area contributed by atoms with Gasteiger partial charge in [-0.15, -0.1) is 0 Å². The number of carbonyl (C=O) groups excluding carboxylic acids is 1. The van der Waals surface area contributed by atoms with Crippen LogP contribution in [0.15, 0.2) is 47.9 Å². The number of nitrogens with zero attached hydrogens (tertiary/aromatic N) is 2. The number of anilines is 1. The number of aromatic nitrogens is 1. The molecule has 2 aromatic rings. The third-order valence-corrected chi connectivity index (χ3v) is 2.75. The molecule has 20 heavy (non-hydrogen) atoms. The predicted molar refractivity (Wildman–Crippen MR) is 78.4 cm³/mol. The maximum Gasteiger partial charge on any atom is 0.437 e. The zero-order chi connectivity index (χ0) is 14.4. The van der Waals surface area contributed by atoms with Crippen LogP contribution in [0.2, 0.25) is 10.0 Å². The minimum absolute atomic E-state index is 0.348. The van der Waals surface area contributed by atoms with Gasteiger partial charge in [0.1, 0.15) is 0 Å². The Morgan fingerprint density at radius 1 is 1.35 bits per heavy atom. The number of hydrogen-bond donors (Lipinski definition) is 1. The highest BCUT2D eigenvalue weighted by Crippen LogP contribution is 2.25. The Labute approximate surface area is 125 Å². The molecule has 0 aliphatic heterocycles. The second-order valence-electron chi connectivity index (χ2n) is 3.65. The monoisotopic (exact) mass is 309 g/mol. The van der Waals surface area contributed by atoms with Gasteiger partial charge in [0.15, 0.2) is 0 Å². The fraction of sp³-hybridized carbons (Fsp3) is 0. The van der Waals surface area contributed by atoms with Crippen molar-refractivity contribution in [3.8, 4) is 0 Å². The van der Waals surface area contributed by atoms with Crippen molar-refractivity contribution >= 4 is 41.2 Å². The van der Waals surface area contributed by atoms with Crippen molar-refractivity contribution in [2.75, 3.05) is 5.32 Å². The van der Waals surface area contributed by atoms with Crippen LogP contribution in [0.25, 0.3) is 0 Å². The third-order valence-electron chi connectivity index (χ3n) is 2.19. The molecule has 2 rings (SSSR count). The van der Waals surface area contributed by atoms with Gasteiger partial charge in [-0.3, -0.25) is 15.1 Å². The molecule has 0 atom stereocenters. The minimum Gasteiger partial charge on any atom is -0.298 e. The number of nitrogens with one attached hydrogen (secondary N) is 1. The molecule has 1 N–H and O–H groups in total. The Morgan fingerprint density at radius 3 is 2.95 bits per heavy atom. The summed E-state index contributed by atoms with van der Waals surface area (Å²) in [5.74, 6) is 0. The Hall–Kier alpha value is -2.11. The Bertz CT molecular complexity index is 633. The molecule has 1 amide bonds. The van der Waals surface area contributed by atoms with Crippen LogP contribution in [0.1, 0.15) is 5.56 Å². The van der Waals surface area contributed by atoms with E-state index in [4.69, 9.17) is 23.2 Å². The standard InChI is InChI=1S/C13H9Cl2N3O2/c14-10-3-4-11(15)12(6-10)18-13(19)20-17-8-9-2-1-5-16-7-9/h1-8H,(H,18,19)/b17-8+. The van der Waals surface area contributed by atoms with Gasteiger partial charge in [0, 0.05) is 23.0 Å². The highest BCUT2D eigenvalue weighted by molar-refractivity contribution is 6.35. The van der Waals surface area contributed by atoms with E-state index in [-0.39, 0.29) is 0 Å². The van der Waals surface area contributed by atoms with Gasteiger partial charge in [-0.1, -0.05) is 34.4 Å².